The molecule has 3 N–H and O–H groups in total. The SMILES string of the molecule is COc1ccc(CNCCc2cc(OC)c(N)cc2Cl)cc1. The summed E-state index contributed by atoms with van der Waals surface area (Å²) in [5.74, 6) is 1.53. The van der Waals surface area contributed by atoms with Gasteiger partial charge in [-0.1, -0.05) is 23.7 Å². The van der Waals surface area contributed by atoms with Gasteiger partial charge in [-0.2, -0.15) is 0 Å². The fourth-order valence-corrected chi connectivity index (χ4v) is 2.44. The van der Waals surface area contributed by atoms with Crippen LogP contribution in [0.1, 0.15) is 11.1 Å². The monoisotopic (exact) mass is 320 g/mol. The van der Waals surface area contributed by atoms with E-state index in [1.165, 1.54) is 5.56 Å². The molecular weight excluding hydrogens is 300 g/mol. The van der Waals surface area contributed by atoms with Crippen molar-refractivity contribution in [2.24, 2.45) is 0 Å². The predicted octanol–water partition coefficient (Wildman–Crippen LogP) is 3.27. The van der Waals surface area contributed by atoms with Gasteiger partial charge in [0.25, 0.3) is 0 Å². The number of nitrogens with one attached hydrogen (secondary N) is 1. The summed E-state index contributed by atoms with van der Waals surface area (Å²) in [6, 6.07) is 11.6. The predicted molar refractivity (Wildman–Crippen MR) is 90.8 cm³/mol. The molecule has 0 saturated heterocycles. The molecule has 0 unspecified atom stereocenters. The summed E-state index contributed by atoms with van der Waals surface area (Å²) in [4.78, 5) is 0. The van der Waals surface area contributed by atoms with E-state index >= 15 is 0 Å². The van der Waals surface area contributed by atoms with Gasteiger partial charge in [0.15, 0.2) is 0 Å². The zero-order valence-electron chi connectivity index (χ0n) is 12.9. The van der Waals surface area contributed by atoms with Gasteiger partial charge in [-0.25, -0.2) is 0 Å². The Balaban J connectivity index is 1.85. The zero-order valence-corrected chi connectivity index (χ0v) is 13.6. The van der Waals surface area contributed by atoms with Crippen molar-refractivity contribution in [3.8, 4) is 11.5 Å². The molecule has 0 aliphatic rings. The van der Waals surface area contributed by atoms with Crippen LogP contribution in [0.5, 0.6) is 11.5 Å². The van der Waals surface area contributed by atoms with Crippen molar-refractivity contribution in [3.63, 3.8) is 0 Å². The number of ether oxygens (including phenoxy) is 2. The largest absolute Gasteiger partial charge is 0.497 e. The van der Waals surface area contributed by atoms with Crippen LogP contribution in [0.3, 0.4) is 0 Å². The van der Waals surface area contributed by atoms with Gasteiger partial charge in [0.2, 0.25) is 0 Å². The zero-order chi connectivity index (χ0) is 15.9. The van der Waals surface area contributed by atoms with E-state index < -0.39 is 0 Å². The van der Waals surface area contributed by atoms with Crippen molar-refractivity contribution in [2.45, 2.75) is 13.0 Å². The number of hydrogen-bond acceptors (Lipinski definition) is 4. The summed E-state index contributed by atoms with van der Waals surface area (Å²) in [6.45, 7) is 1.62. The summed E-state index contributed by atoms with van der Waals surface area (Å²) < 4.78 is 10.4. The van der Waals surface area contributed by atoms with Crippen LogP contribution in [0.2, 0.25) is 5.02 Å². The molecule has 0 atom stereocenters. The number of nitrogens with two attached hydrogens (primary N) is 1. The smallest absolute Gasteiger partial charge is 0.142 e. The standard InChI is InChI=1S/C17H21ClN2O2/c1-21-14-5-3-12(4-6-14)11-20-8-7-13-9-17(22-2)16(19)10-15(13)18/h3-6,9-10,20H,7-8,11,19H2,1-2H3. The number of rotatable bonds is 7. The number of methoxy groups -OCH3 is 2. The van der Waals surface area contributed by atoms with Gasteiger partial charge in [-0.05, 0) is 48.4 Å². The highest BCUT2D eigenvalue weighted by molar-refractivity contribution is 6.31. The topological polar surface area (TPSA) is 56.5 Å². The third kappa shape index (κ3) is 4.29. The molecule has 22 heavy (non-hydrogen) atoms. The molecule has 0 aromatic heterocycles. The first-order chi connectivity index (χ1) is 10.6. The Bertz CT molecular complexity index is 615. The van der Waals surface area contributed by atoms with Crippen molar-refractivity contribution in [1.29, 1.82) is 0 Å². The Morgan fingerprint density at radius 2 is 1.82 bits per heavy atom. The molecule has 2 rings (SSSR count). The molecular formula is C17H21ClN2O2. The molecule has 0 aliphatic carbocycles. The van der Waals surface area contributed by atoms with Crippen LogP contribution in [0.25, 0.3) is 0 Å². The number of hydrogen-bond donors (Lipinski definition) is 2. The first-order valence-corrected chi connectivity index (χ1v) is 7.47. The lowest BCUT2D eigenvalue weighted by Gasteiger charge is -2.11. The van der Waals surface area contributed by atoms with E-state index in [1.54, 1.807) is 20.3 Å². The van der Waals surface area contributed by atoms with Crippen LogP contribution in [0, 0.1) is 0 Å². The Hall–Kier alpha value is -1.91. The van der Waals surface area contributed by atoms with Crippen molar-refractivity contribution in [3.05, 3.63) is 52.5 Å². The minimum Gasteiger partial charge on any atom is -0.497 e. The minimum atomic E-state index is 0.558. The van der Waals surface area contributed by atoms with Crippen LogP contribution in [0.4, 0.5) is 5.69 Å². The fourth-order valence-electron chi connectivity index (χ4n) is 2.18. The maximum atomic E-state index is 6.21. The van der Waals surface area contributed by atoms with Gasteiger partial charge in [0.1, 0.15) is 11.5 Å². The van der Waals surface area contributed by atoms with Gasteiger partial charge in [-0.15, -0.1) is 0 Å². The van der Waals surface area contributed by atoms with Gasteiger partial charge in [-0.3, -0.25) is 0 Å². The molecule has 0 bridgehead atoms. The Kier molecular flexibility index (Phi) is 5.92. The molecule has 0 saturated carbocycles. The second-order valence-corrected chi connectivity index (χ2v) is 5.37. The second kappa shape index (κ2) is 7.92. The average Bonchev–Trinajstić information content (AvgIpc) is 2.53. The van der Waals surface area contributed by atoms with Crippen LogP contribution >= 0.6 is 11.6 Å². The van der Waals surface area contributed by atoms with Crippen molar-refractivity contribution < 1.29 is 9.47 Å². The third-order valence-electron chi connectivity index (χ3n) is 3.46. The summed E-state index contributed by atoms with van der Waals surface area (Å²) >= 11 is 6.21. The molecule has 5 heteroatoms. The summed E-state index contributed by atoms with van der Waals surface area (Å²) in [5, 5.41) is 4.07. The van der Waals surface area contributed by atoms with Crippen molar-refractivity contribution >= 4 is 17.3 Å². The summed E-state index contributed by atoms with van der Waals surface area (Å²) in [5.41, 5.74) is 8.61. The fraction of sp³-hybridized carbons (Fsp3) is 0.294. The second-order valence-electron chi connectivity index (χ2n) is 4.96. The third-order valence-corrected chi connectivity index (χ3v) is 3.81. The van der Waals surface area contributed by atoms with E-state index in [1.807, 2.05) is 30.3 Å². The van der Waals surface area contributed by atoms with E-state index in [0.717, 1.165) is 30.8 Å². The molecule has 2 aromatic rings. The van der Waals surface area contributed by atoms with Gasteiger partial charge < -0.3 is 20.5 Å². The van der Waals surface area contributed by atoms with E-state index in [-0.39, 0.29) is 0 Å². The van der Waals surface area contributed by atoms with Crippen molar-refractivity contribution in [1.82, 2.24) is 5.32 Å². The van der Waals surface area contributed by atoms with E-state index in [4.69, 9.17) is 26.8 Å². The van der Waals surface area contributed by atoms with Gasteiger partial charge in [0.05, 0.1) is 19.9 Å². The average molecular weight is 321 g/mol. The Morgan fingerprint density at radius 3 is 2.45 bits per heavy atom. The minimum absolute atomic E-state index is 0.558. The highest BCUT2D eigenvalue weighted by Gasteiger charge is 2.06. The number of anilines is 1. The van der Waals surface area contributed by atoms with Crippen LogP contribution in [-0.2, 0) is 13.0 Å². The first-order valence-electron chi connectivity index (χ1n) is 7.09. The number of benzene rings is 2. The van der Waals surface area contributed by atoms with Crippen LogP contribution in [-0.4, -0.2) is 20.8 Å². The highest BCUT2D eigenvalue weighted by atomic mass is 35.5. The van der Waals surface area contributed by atoms with E-state index in [9.17, 15) is 0 Å². The van der Waals surface area contributed by atoms with Gasteiger partial charge in [0, 0.05) is 11.6 Å². The molecule has 4 nitrogen and oxygen atoms in total. The molecule has 0 spiro atoms. The molecule has 0 fully saturated rings. The van der Waals surface area contributed by atoms with E-state index in [2.05, 4.69) is 5.32 Å². The molecule has 0 heterocycles. The Morgan fingerprint density at radius 1 is 1.09 bits per heavy atom. The lowest BCUT2D eigenvalue weighted by molar-refractivity contribution is 0.414. The summed E-state index contributed by atoms with van der Waals surface area (Å²) in [6.07, 6.45) is 0.811. The molecule has 0 amide bonds. The molecule has 0 aliphatic heterocycles. The summed E-state index contributed by atoms with van der Waals surface area (Å²) in [7, 11) is 3.27. The molecule has 0 radical (unpaired) electrons. The first kappa shape index (κ1) is 16.5. The number of halogens is 1. The lowest BCUT2D eigenvalue weighted by atomic mass is 10.1. The maximum Gasteiger partial charge on any atom is 0.142 e. The molecule has 2 aromatic carbocycles. The normalized spacial score (nSPS) is 10.5. The maximum absolute atomic E-state index is 6.21. The van der Waals surface area contributed by atoms with Crippen LogP contribution in [0.15, 0.2) is 36.4 Å². The molecule has 118 valence electrons. The highest BCUT2D eigenvalue weighted by Crippen LogP contribution is 2.29. The number of nitrogen functional groups attached to an aromatic ring is 1. The van der Waals surface area contributed by atoms with Crippen molar-refractivity contribution in [2.75, 3.05) is 26.5 Å². The lowest BCUT2D eigenvalue weighted by Crippen LogP contribution is -2.16. The van der Waals surface area contributed by atoms with Crippen LogP contribution < -0.4 is 20.5 Å². The van der Waals surface area contributed by atoms with E-state index in [0.29, 0.717) is 16.5 Å². The Labute approximate surface area is 136 Å². The van der Waals surface area contributed by atoms with Gasteiger partial charge >= 0.3 is 0 Å². The quantitative estimate of drug-likeness (QED) is 0.607.